The first kappa shape index (κ1) is 12.9. The van der Waals surface area contributed by atoms with Crippen molar-refractivity contribution in [1.29, 1.82) is 0 Å². The fourth-order valence-electron chi connectivity index (χ4n) is 1.61. The lowest BCUT2D eigenvalue weighted by Crippen LogP contribution is -1.97. The van der Waals surface area contributed by atoms with Crippen LogP contribution < -0.4 is 9.47 Å². The molecule has 0 saturated carbocycles. The monoisotopic (exact) mass is 258 g/mol. The van der Waals surface area contributed by atoms with Gasteiger partial charge in [0.1, 0.15) is 0 Å². The van der Waals surface area contributed by atoms with Gasteiger partial charge in [-0.3, -0.25) is 4.79 Å². The van der Waals surface area contributed by atoms with Crippen molar-refractivity contribution in [2.24, 2.45) is 0 Å². The molecule has 0 aliphatic rings. The second-order valence-corrected chi connectivity index (χ2v) is 3.77. The van der Waals surface area contributed by atoms with Gasteiger partial charge in [-0.2, -0.15) is 0 Å². The van der Waals surface area contributed by atoms with Gasteiger partial charge in [-0.25, -0.2) is 4.98 Å². The van der Waals surface area contributed by atoms with Crippen LogP contribution in [0.3, 0.4) is 0 Å². The zero-order valence-corrected chi connectivity index (χ0v) is 10.7. The van der Waals surface area contributed by atoms with E-state index in [0.29, 0.717) is 17.1 Å². The maximum Gasteiger partial charge on any atom is 0.186 e. The van der Waals surface area contributed by atoms with Crippen LogP contribution in [0.1, 0.15) is 16.1 Å². The van der Waals surface area contributed by atoms with Crippen LogP contribution in [0.25, 0.3) is 6.08 Å². The van der Waals surface area contributed by atoms with Gasteiger partial charge in [0.05, 0.1) is 32.4 Å². The van der Waals surface area contributed by atoms with Crippen LogP contribution in [0.5, 0.6) is 11.5 Å². The Morgan fingerprint density at radius 2 is 2.05 bits per heavy atom. The van der Waals surface area contributed by atoms with Crippen molar-refractivity contribution in [3.8, 4) is 11.5 Å². The number of nitrogens with zero attached hydrogens (tertiary/aromatic N) is 1. The van der Waals surface area contributed by atoms with Crippen molar-refractivity contribution >= 4 is 11.9 Å². The Labute approximate surface area is 110 Å². The molecule has 0 aliphatic heterocycles. The smallest absolute Gasteiger partial charge is 0.186 e. The minimum atomic E-state index is -0.115. The molecule has 1 heterocycles. The standard InChI is InChI=1S/C14H14N2O3/c1-18-13-6-3-10(7-14(13)19-2)12(17)5-4-11-8-15-9-16-11/h3-9H,1-2H3,(H,15,16)/b5-4+. The fraction of sp³-hybridized carbons (Fsp3) is 0.143. The Kier molecular flexibility index (Phi) is 3.97. The molecule has 0 bridgehead atoms. The number of nitrogens with one attached hydrogen (secondary N) is 1. The van der Waals surface area contributed by atoms with E-state index in [1.165, 1.54) is 13.2 Å². The molecule has 0 radical (unpaired) electrons. The maximum atomic E-state index is 12.0. The lowest BCUT2D eigenvalue weighted by molar-refractivity contribution is 0.104. The molecule has 0 saturated heterocycles. The van der Waals surface area contributed by atoms with Gasteiger partial charge in [-0.05, 0) is 30.4 Å². The van der Waals surface area contributed by atoms with E-state index in [2.05, 4.69) is 9.97 Å². The number of aromatic nitrogens is 2. The summed E-state index contributed by atoms with van der Waals surface area (Å²) < 4.78 is 10.3. The molecule has 0 spiro atoms. The molecule has 19 heavy (non-hydrogen) atoms. The van der Waals surface area contributed by atoms with E-state index in [9.17, 15) is 4.79 Å². The van der Waals surface area contributed by atoms with Crippen LogP contribution in [0.2, 0.25) is 0 Å². The van der Waals surface area contributed by atoms with Crippen molar-refractivity contribution in [2.45, 2.75) is 0 Å². The van der Waals surface area contributed by atoms with Crippen LogP contribution >= 0.6 is 0 Å². The molecule has 2 aromatic rings. The third-order valence-corrected chi connectivity index (χ3v) is 2.60. The number of hydrogen-bond acceptors (Lipinski definition) is 4. The molecule has 98 valence electrons. The Morgan fingerprint density at radius 1 is 1.26 bits per heavy atom. The second kappa shape index (κ2) is 5.86. The highest BCUT2D eigenvalue weighted by atomic mass is 16.5. The molecule has 1 N–H and O–H groups in total. The number of hydrogen-bond donors (Lipinski definition) is 1. The van der Waals surface area contributed by atoms with E-state index in [1.807, 2.05) is 0 Å². The SMILES string of the molecule is COc1ccc(C(=O)/C=C/c2cnc[nH]2)cc1OC. The summed E-state index contributed by atoms with van der Waals surface area (Å²) in [5, 5.41) is 0. The molecule has 5 heteroatoms. The van der Waals surface area contributed by atoms with Crippen LogP contribution in [-0.2, 0) is 0 Å². The molecule has 0 fully saturated rings. The number of ketones is 1. The normalized spacial score (nSPS) is 10.6. The average Bonchev–Trinajstić information content (AvgIpc) is 2.97. The number of allylic oxidation sites excluding steroid dienone is 1. The lowest BCUT2D eigenvalue weighted by atomic mass is 10.1. The first-order valence-electron chi connectivity index (χ1n) is 5.67. The fourth-order valence-corrected chi connectivity index (χ4v) is 1.61. The highest BCUT2D eigenvalue weighted by molar-refractivity contribution is 6.07. The van der Waals surface area contributed by atoms with Crippen LogP contribution in [0.15, 0.2) is 36.8 Å². The number of methoxy groups -OCH3 is 2. The topological polar surface area (TPSA) is 64.2 Å². The second-order valence-electron chi connectivity index (χ2n) is 3.77. The van der Waals surface area contributed by atoms with Gasteiger partial charge >= 0.3 is 0 Å². The summed E-state index contributed by atoms with van der Waals surface area (Å²) in [6, 6.07) is 5.05. The summed E-state index contributed by atoms with van der Waals surface area (Å²) in [6.07, 6.45) is 6.35. The number of carbonyl (C=O) groups is 1. The Hall–Kier alpha value is -2.56. The van der Waals surface area contributed by atoms with E-state index < -0.39 is 0 Å². The number of carbonyl (C=O) groups excluding carboxylic acids is 1. The summed E-state index contributed by atoms with van der Waals surface area (Å²) >= 11 is 0. The number of ether oxygens (including phenoxy) is 2. The quantitative estimate of drug-likeness (QED) is 0.660. The van der Waals surface area contributed by atoms with Gasteiger partial charge in [0.25, 0.3) is 0 Å². The van der Waals surface area contributed by atoms with Gasteiger partial charge in [0.2, 0.25) is 0 Å². The maximum absolute atomic E-state index is 12.0. The molecule has 0 atom stereocenters. The molecular weight excluding hydrogens is 244 g/mol. The molecular formula is C14H14N2O3. The highest BCUT2D eigenvalue weighted by Gasteiger charge is 2.08. The first-order chi connectivity index (χ1) is 9.24. The van der Waals surface area contributed by atoms with Crippen molar-refractivity contribution in [3.05, 3.63) is 48.1 Å². The molecule has 5 nitrogen and oxygen atoms in total. The van der Waals surface area contributed by atoms with Gasteiger partial charge in [-0.15, -0.1) is 0 Å². The van der Waals surface area contributed by atoms with Gasteiger partial charge in [0, 0.05) is 5.56 Å². The van der Waals surface area contributed by atoms with Crippen molar-refractivity contribution in [3.63, 3.8) is 0 Å². The van der Waals surface area contributed by atoms with E-state index >= 15 is 0 Å². The lowest BCUT2D eigenvalue weighted by Gasteiger charge is -2.07. The van der Waals surface area contributed by atoms with Gasteiger partial charge in [0.15, 0.2) is 17.3 Å². The predicted octanol–water partition coefficient (Wildman–Crippen LogP) is 2.32. The number of H-pyrrole nitrogens is 1. The largest absolute Gasteiger partial charge is 0.493 e. The van der Waals surface area contributed by atoms with Crippen LogP contribution in [0, 0.1) is 0 Å². The highest BCUT2D eigenvalue weighted by Crippen LogP contribution is 2.27. The van der Waals surface area contributed by atoms with Crippen LogP contribution in [-0.4, -0.2) is 30.0 Å². The molecule has 0 amide bonds. The Balaban J connectivity index is 2.19. The number of rotatable bonds is 5. The first-order valence-corrected chi connectivity index (χ1v) is 5.67. The third-order valence-electron chi connectivity index (χ3n) is 2.60. The average molecular weight is 258 g/mol. The van der Waals surface area contributed by atoms with Crippen LogP contribution in [0.4, 0.5) is 0 Å². The van der Waals surface area contributed by atoms with Crippen molar-refractivity contribution in [2.75, 3.05) is 14.2 Å². The summed E-state index contributed by atoms with van der Waals surface area (Å²) in [6.45, 7) is 0. The summed E-state index contributed by atoms with van der Waals surface area (Å²) in [5.41, 5.74) is 1.31. The number of aromatic amines is 1. The molecule has 2 rings (SSSR count). The Morgan fingerprint density at radius 3 is 2.68 bits per heavy atom. The van der Waals surface area contributed by atoms with E-state index in [1.54, 1.807) is 43.9 Å². The molecule has 1 aromatic carbocycles. The van der Waals surface area contributed by atoms with Crippen molar-refractivity contribution < 1.29 is 14.3 Å². The minimum Gasteiger partial charge on any atom is -0.493 e. The van der Waals surface area contributed by atoms with E-state index in [-0.39, 0.29) is 5.78 Å². The molecule has 0 unspecified atom stereocenters. The zero-order valence-electron chi connectivity index (χ0n) is 10.7. The van der Waals surface area contributed by atoms with Crippen molar-refractivity contribution in [1.82, 2.24) is 9.97 Å². The molecule has 0 aliphatic carbocycles. The number of imidazole rings is 1. The van der Waals surface area contributed by atoms with E-state index in [0.717, 1.165) is 5.69 Å². The van der Waals surface area contributed by atoms with Gasteiger partial charge < -0.3 is 14.5 Å². The third kappa shape index (κ3) is 3.01. The summed E-state index contributed by atoms with van der Waals surface area (Å²) in [5.74, 6) is 1.01. The number of benzene rings is 1. The predicted molar refractivity (Wildman–Crippen MR) is 71.5 cm³/mol. The summed E-state index contributed by atoms with van der Waals surface area (Å²) in [7, 11) is 3.09. The van der Waals surface area contributed by atoms with E-state index in [4.69, 9.17) is 9.47 Å². The minimum absolute atomic E-state index is 0.115. The Bertz CT molecular complexity index is 589. The molecule has 1 aromatic heterocycles. The summed E-state index contributed by atoms with van der Waals surface area (Å²) in [4.78, 5) is 18.7. The van der Waals surface area contributed by atoms with Gasteiger partial charge in [-0.1, -0.05) is 0 Å². The zero-order chi connectivity index (χ0) is 13.7.